The van der Waals surface area contributed by atoms with Crippen molar-refractivity contribution in [3.63, 3.8) is 0 Å². The van der Waals surface area contributed by atoms with Gasteiger partial charge in [0.15, 0.2) is 5.78 Å². The van der Waals surface area contributed by atoms with Crippen molar-refractivity contribution in [1.29, 1.82) is 0 Å². The predicted octanol–water partition coefficient (Wildman–Crippen LogP) is 4.33. The number of hydrogen-bond acceptors (Lipinski definition) is 7. The Kier molecular flexibility index (Phi) is 6.93. The number of nitrogens with one attached hydrogen (secondary N) is 1. The second-order valence-corrected chi connectivity index (χ2v) is 10.2. The SMILES string of the molecule is CC(=O)c1ccc(N2C(=O)C3C(c4cccc(C(F)(F)F)c4)NC(Cc4ccc([N+](=O)[O-])cc4)(C(=O)O)C3C2=O)cc1. The van der Waals surface area contributed by atoms with E-state index in [1.54, 1.807) is 0 Å². The molecule has 4 atom stereocenters. The van der Waals surface area contributed by atoms with Crippen molar-refractivity contribution in [3.8, 4) is 0 Å². The molecule has 2 fully saturated rings. The van der Waals surface area contributed by atoms with E-state index in [1.807, 2.05) is 0 Å². The molecule has 0 bridgehead atoms. The number of carbonyl (C=O) groups is 4. The standard InChI is InChI=1S/C29H22F3N3O7/c1-15(36)17-7-11-20(12-8-17)34-25(37)22-23(26(34)38)28(27(39)40,14-16-5-9-21(10-6-16)35(41)42)33-24(22)18-3-2-4-19(13-18)29(30,31)32/h2-13,22-24,33H,14H2,1H3,(H,39,40). The molecule has 2 heterocycles. The number of fused-ring (bicyclic) bond motifs is 1. The Morgan fingerprint density at radius 3 is 2.21 bits per heavy atom. The Labute approximate surface area is 235 Å². The number of carboxylic acids is 1. The van der Waals surface area contributed by atoms with E-state index in [4.69, 9.17) is 0 Å². The maximum absolute atomic E-state index is 13.9. The maximum atomic E-state index is 13.9. The lowest BCUT2D eigenvalue weighted by Crippen LogP contribution is -2.57. The number of amides is 2. The zero-order chi connectivity index (χ0) is 30.6. The van der Waals surface area contributed by atoms with E-state index in [2.05, 4.69) is 5.32 Å². The number of hydrogen-bond donors (Lipinski definition) is 2. The summed E-state index contributed by atoms with van der Waals surface area (Å²) in [5, 5.41) is 24.5. The topological polar surface area (TPSA) is 147 Å². The second kappa shape index (κ2) is 10.2. The first-order valence-corrected chi connectivity index (χ1v) is 12.6. The molecule has 0 spiro atoms. The van der Waals surface area contributed by atoms with Crippen LogP contribution < -0.4 is 10.2 Å². The normalized spacial score (nSPS) is 23.6. The highest BCUT2D eigenvalue weighted by molar-refractivity contribution is 6.24. The van der Waals surface area contributed by atoms with Crippen LogP contribution in [0.15, 0.2) is 72.8 Å². The number of nitro groups is 1. The molecule has 0 radical (unpaired) electrons. The summed E-state index contributed by atoms with van der Waals surface area (Å²) in [7, 11) is 0. The van der Waals surface area contributed by atoms with Crippen LogP contribution in [0.3, 0.4) is 0 Å². The Bertz CT molecular complexity index is 1620. The van der Waals surface area contributed by atoms with Crippen LogP contribution in [0.2, 0.25) is 0 Å². The fourth-order valence-corrected chi connectivity index (χ4v) is 5.79. The van der Waals surface area contributed by atoms with E-state index in [1.165, 1.54) is 49.4 Å². The zero-order valence-corrected chi connectivity index (χ0v) is 21.8. The molecule has 0 aliphatic carbocycles. The number of carboxylic acid groups (broad SMARTS) is 1. The van der Waals surface area contributed by atoms with Gasteiger partial charge in [-0.05, 0) is 54.4 Å². The Morgan fingerprint density at radius 1 is 1.02 bits per heavy atom. The van der Waals surface area contributed by atoms with Gasteiger partial charge in [-0.3, -0.25) is 34.6 Å². The van der Waals surface area contributed by atoms with Gasteiger partial charge in [-0.1, -0.05) is 24.3 Å². The molecule has 0 saturated carbocycles. The number of nitrogens with zero attached hydrogens (tertiary/aromatic N) is 2. The summed E-state index contributed by atoms with van der Waals surface area (Å²) in [6.07, 6.45) is -5.14. The van der Waals surface area contributed by atoms with Gasteiger partial charge in [0.25, 0.3) is 5.69 Å². The molecule has 4 unspecified atom stereocenters. The number of rotatable bonds is 7. The lowest BCUT2D eigenvalue weighted by atomic mass is 9.76. The largest absolute Gasteiger partial charge is 0.480 e. The highest BCUT2D eigenvalue weighted by atomic mass is 19.4. The van der Waals surface area contributed by atoms with Crippen LogP contribution in [0.5, 0.6) is 0 Å². The highest BCUT2D eigenvalue weighted by Crippen LogP contribution is 2.51. The van der Waals surface area contributed by atoms with E-state index in [-0.39, 0.29) is 28.3 Å². The molecule has 2 aliphatic rings. The summed E-state index contributed by atoms with van der Waals surface area (Å²) in [5.74, 6) is -6.44. The van der Waals surface area contributed by atoms with Gasteiger partial charge in [-0.15, -0.1) is 0 Å². The average molecular weight is 582 g/mol. The van der Waals surface area contributed by atoms with Crippen LogP contribution in [0.1, 0.15) is 40.0 Å². The number of imide groups is 1. The molecule has 0 aromatic heterocycles. The van der Waals surface area contributed by atoms with Crippen LogP contribution in [0, 0.1) is 22.0 Å². The number of aliphatic carboxylic acids is 1. The molecular weight excluding hydrogens is 559 g/mol. The summed E-state index contributed by atoms with van der Waals surface area (Å²) in [5.41, 5.74) is -2.82. The molecule has 13 heteroatoms. The predicted molar refractivity (Wildman–Crippen MR) is 140 cm³/mol. The van der Waals surface area contributed by atoms with Crippen LogP contribution in [0.25, 0.3) is 0 Å². The van der Waals surface area contributed by atoms with E-state index in [0.29, 0.717) is 5.56 Å². The summed E-state index contributed by atoms with van der Waals surface area (Å²) >= 11 is 0. The number of carbonyl (C=O) groups excluding carboxylic acids is 3. The number of benzene rings is 3. The van der Waals surface area contributed by atoms with Gasteiger partial charge < -0.3 is 5.11 Å². The van der Waals surface area contributed by atoms with E-state index >= 15 is 0 Å². The van der Waals surface area contributed by atoms with Crippen molar-refractivity contribution < 1.29 is 42.4 Å². The van der Waals surface area contributed by atoms with Crippen LogP contribution in [-0.4, -0.2) is 39.1 Å². The number of ketones is 1. The molecule has 3 aromatic carbocycles. The van der Waals surface area contributed by atoms with E-state index < -0.39 is 64.3 Å². The first-order valence-electron chi connectivity index (χ1n) is 12.6. The minimum absolute atomic E-state index is 0.0402. The molecule has 5 rings (SSSR count). The third-order valence-corrected chi connectivity index (χ3v) is 7.77. The molecular formula is C29H22F3N3O7. The smallest absolute Gasteiger partial charge is 0.416 e. The summed E-state index contributed by atoms with van der Waals surface area (Å²) in [4.78, 5) is 63.8. The molecule has 3 aromatic rings. The Balaban J connectivity index is 1.64. The Hall–Kier alpha value is -4.91. The van der Waals surface area contributed by atoms with Crippen LogP contribution in [-0.2, 0) is 27.0 Å². The molecule has 216 valence electrons. The monoisotopic (exact) mass is 581 g/mol. The fraction of sp³-hybridized carbons (Fsp3) is 0.241. The quantitative estimate of drug-likeness (QED) is 0.181. The van der Waals surface area contributed by atoms with E-state index in [9.17, 15) is 47.6 Å². The van der Waals surface area contributed by atoms with Gasteiger partial charge in [0, 0.05) is 30.2 Å². The molecule has 2 amide bonds. The van der Waals surface area contributed by atoms with E-state index in [0.717, 1.165) is 35.2 Å². The molecule has 42 heavy (non-hydrogen) atoms. The molecule has 2 aliphatic heterocycles. The number of non-ortho nitro benzene ring substituents is 1. The number of nitro benzene ring substituents is 1. The number of anilines is 1. The number of halogens is 3. The summed E-state index contributed by atoms with van der Waals surface area (Å²) in [6, 6.07) is 13.3. The van der Waals surface area contributed by atoms with Gasteiger partial charge in [0.05, 0.1) is 28.0 Å². The highest BCUT2D eigenvalue weighted by Gasteiger charge is 2.68. The number of Topliss-reactive ketones (excluding diaryl/α,β-unsaturated/α-hetero) is 1. The van der Waals surface area contributed by atoms with Crippen molar-refractivity contribution in [3.05, 3.63) is 105 Å². The fourth-order valence-electron chi connectivity index (χ4n) is 5.79. The summed E-state index contributed by atoms with van der Waals surface area (Å²) < 4.78 is 40.7. The van der Waals surface area contributed by atoms with Gasteiger partial charge in [-0.25, -0.2) is 4.90 Å². The third-order valence-electron chi connectivity index (χ3n) is 7.77. The lowest BCUT2D eigenvalue weighted by molar-refractivity contribution is -0.384. The summed E-state index contributed by atoms with van der Waals surface area (Å²) in [6.45, 7) is 1.33. The molecule has 2 saturated heterocycles. The van der Waals surface area contributed by atoms with Crippen molar-refractivity contribution in [1.82, 2.24) is 5.32 Å². The molecule has 2 N–H and O–H groups in total. The van der Waals surface area contributed by atoms with Crippen molar-refractivity contribution in [2.24, 2.45) is 11.8 Å². The van der Waals surface area contributed by atoms with Crippen molar-refractivity contribution in [2.75, 3.05) is 4.90 Å². The van der Waals surface area contributed by atoms with Crippen LogP contribution in [0.4, 0.5) is 24.5 Å². The first-order chi connectivity index (χ1) is 19.7. The minimum Gasteiger partial charge on any atom is -0.480 e. The van der Waals surface area contributed by atoms with Crippen molar-refractivity contribution >= 4 is 34.9 Å². The van der Waals surface area contributed by atoms with Crippen LogP contribution >= 0.6 is 0 Å². The Morgan fingerprint density at radius 2 is 1.67 bits per heavy atom. The van der Waals surface area contributed by atoms with Gasteiger partial charge >= 0.3 is 12.1 Å². The van der Waals surface area contributed by atoms with Gasteiger partial charge in [-0.2, -0.15) is 13.2 Å². The first kappa shape index (κ1) is 28.6. The third kappa shape index (κ3) is 4.71. The second-order valence-electron chi connectivity index (χ2n) is 10.2. The minimum atomic E-state index is -4.73. The average Bonchev–Trinajstić information content (AvgIpc) is 3.42. The maximum Gasteiger partial charge on any atom is 0.416 e. The van der Waals surface area contributed by atoms with Gasteiger partial charge in [0.1, 0.15) is 5.54 Å². The van der Waals surface area contributed by atoms with Crippen molar-refractivity contribution in [2.45, 2.75) is 31.1 Å². The molecule has 10 nitrogen and oxygen atoms in total. The van der Waals surface area contributed by atoms with Gasteiger partial charge in [0.2, 0.25) is 11.8 Å². The lowest BCUT2D eigenvalue weighted by Gasteiger charge is -2.31. The zero-order valence-electron chi connectivity index (χ0n) is 21.8. The number of alkyl halides is 3.